The molecule has 220 valence electrons. The highest BCUT2D eigenvalue weighted by molar-refractivity contribution is 5.80. The van der Waals surface area contributed by atoms with Gasteiger partial charge in [-0.15, -0.1) is 0 Å². The molecule has 0 amide bonds. The summed E-state index contributed by atoms with van der Waals surface area (Å²) < 4.78 is 37.2. The van der Waals surface area contributed by atoms with Gasteiger partial charge < -0.3 is 43.4 Å². The Morgan fingerprint density at radius 2 is 0.892 bits per heavy atom. The number of rotatable bonds is 30. The second-order valence-corrected chi connectivity index (χ2v) is 8.43. The number of carbonyl (C=O) groups is 2. The van der Waals surface area contributed by atoms with Gasteiger partial charge in [0.15, 0.2) is 6.10 Å². The van der Waals surface area contributed by atoms with Crippen molar-refractivity contribution in [3.05, 3.63) is 0 Å². The van der Waals surface area contributed by atoms with Crippen molar-refractivity contribution < 1.29 is 53.0 Å². The highest BCUT2D eigenvalue weighted by Crippen LogP contribution is 2.08. The molecule has 0 aliphatic carbocycles. The molecule has 0 fully saturated rings. The average Bonchev–Trinajstić information content (AvgIpc) is 2.88. The molecule has 2 N–H and O–H groups in total. The van der Waals surface area contributed by atoms with E-state index in [0.717, 1.165) is 13.0 Å². The van der Waals surface area contributed by atoms with Crippen LogP contribution < -0.4 is 0 Å². The summed E-state index contributed by atoms with van der Waals surface area (Å²) in [7, 11) is 0. The van der Waals surface area contributed by atoms with Crippen molar-refractivity contribution >= 4 is 11.9 Å². The summed E-state index contributed by atoms with van der Waals surface area (Å²) in [6.45, 7) is 7.97. The molecule has 0 aliphatic rings. The standard InChI is InChI=1S/C26H50O11/c1-2-3-4-5-6-7-8-9-10-31-11-12-32-13-14-33-15-16-34-17-18-35-19-20-36-21-22-37-25(28)23-24(27)26(29)30/h24,27H,2-23H2,1H3,(H,29,30). The largest absolute Gasteiger partial charge is 0.479 e. The van der Waals surface area contributed by atoms with Crippen LogP contribution in [0.3, 0.4) is 0 Å². The van der Waals surface area contributed by atoms with Gasteiger partial charge in [-0.2, -0.15) is 0 Å². The van der Waals surface area contributed by atoms with Gasteiger partial charge in [-0.3, -0.25) is 4.79 Å². The Kier molecular flexibility index (Phi) is 28.2. The maximum atomic E-state index is 11.2. The van der Waals surface area contributed by atoms with Gasteiger partial charge in [0, 0.05) is 6.61 Å². The molecule has 0 heterocycles. The SMILES string of the molecule is CCCCCCCCCCOCCOCCOCCOCCOCCOCCOC(=O)CC(O)C(=O)O. The molecule has 0 rings (SSSR count). The third-order valence-corrected chi connectivity index (χ3v) is 5.14. The lowest BCUT2D eigenvalue weighted by molar-refractivity contribution is -0.156. The third-order valence-electron chi connectivity index (χ3n) is 5.14. The summed E-state index contributed by atoms with van der Waals surface area (Å²) >= 11 is 0. The van der Waals surface area contributed by atoms with Crippen LogP contribution in [-0.4, -0.2) is 114 Å². The highest BCUT2D eigenvalue weighted by atomic mass is 16.6. The van der Waals surface area contributed by atoms with E-state index < -0.39 is 24.5 Å². The summed E-state index contributed by atoms with van der Waals surface area (Å²) in [4.78, 5) is 21.7. The lowest BCUT2D eigenvalue weighted by atomic mass is 10.1. The summed E-state index contributed by atoms with van der Waals surface area (Å²) in [6.07, 6.45) is 8.07. The molecule has 1 unspecified atom stereocenters. The minimum atomic E-state index is -1.76. The molecule has 0 aromatic carbocycles. The van der Waals surface area contributed by atoms with Crippen molar-refractivity contribution in [3.63, 3.8) is 0 Å². The maximum absolute atomic E-state index is 11.2. The highest BCUT2D eigenvalue weighted by Gasteiger charge is 2.18. The number of aliphatic carboxylic acids is 1. The quantitative estimate of drug-likeness (QED) is 0.103. The lowest BCUT2D eigenvalue weighted by Gasteiger charge is -2.09. The molecule has 0 radical (unpaired) electrons. The Balaban J connectivity index is 3.12. The van der Waals surface area contributed by atoms with Crippen molar-refractivity contribution in [2.75, 3.05) is 85.9 Å². The molecular formula is C26H50O11. The topological polar surface area (TPSA) is 139 Å². The number of unbranched alkanes of at least 4 members (excludes halogenated alkanes) is 7. The molecule has 11 heteroatoms. The van der Waals surface area contributed by atoms with Crippen molar-refractivity contribution in [2.24, 2.45) is 0 Å². The van der Waals surface area contributed by atoms with Gasteiger partial charge in [0.1, 0.15) is 6.61 Å². The molecule has 0 saturated carbocycles. The molecule has 37 heavy (non-hydrogen) atoms. The monoisotopic (exact) mass is 538 g/mol. The van der Waals surface area contributed by atoms with Crippen LogP contribution in [0.1, 0.15) is 64.7 Å². The number of aliphatic hydroxyl groups is 1. The third kappa shape index (κ3) is 29.1. The summed E-state index contributed by atoms with van der Waals surface area (Å²) in [5.74, 6) is -2.26. The second-order valence-electron chi connectivity index (χ2n) is 8.43. The van der Waals surface area contributed by atoms with E-state index in [1.165, 1.54) is 44.9 Å². The van der Waals surface area contributed by atoms with Gasteiger partial charge >= 0.3 is 11.9 Å². The lowest BCUT2D eigenvalue weighted by Crippen LogP contribution is -2.25. The second kappa shape index (κ2) is 29.2. The van der Waals surface area contributed by atoms with Crippen LogP contribution in [0.15, 0.2) is 0 Å². The number of hydrogen-bond donors (Lipinski definition) is 2. The van der Waals surface area contributed by atoms with Crippen molar-refractivity contribution in [1.29, 1.82) is 0 Å². The fraction of sp³-hybridized carbons (Fsp3) is 0.923. The van der Waals surface area contributed by atoms with E-state index in [2.05, 4.69) is 6.92 Å². The first-order valence-corrected chi connectivity index (χ1v) is 13.6. The molecule has 0 saturated heterocycles. The van der Waals surface area contributed by atoms with E-state index in [1.54, 1.807) is 0 Å². The van der Waals surface area contributed by atoms with Crippen LogP contribution in [0.25, 0.3) is 0 Å². The van der Waals surface area contributed by atoms with E-state index in [1.807, 2.05) is 0 Å². The minimum Gasteiger partial charge on any atom is -0.479 e. The molecule has 11 nitrogen and oxygen atoms in total. The van der Waals surface area contributed by atoms with E-state index in [0.29, 0.717) is 66.1 Å². The Morgan fingerprint density at radius 3 is 1.30 bits per heavy atom. The fourth-order valence-electron chi connectivity index (χ4n) is 3.06. The normalized spacial score (nSPS) is 12.1. The van der Waals surface area contributed by atoms with E-state index in [-0.39, 0.29) is 13.2 Å². The molecule has 0 aromatic rings. The van der Waals surface area contributed by atoms with E-state index in [4.69, 9.17) is 43.4 Å². The zero-order chi connectivity index (χ0) is 27.2. The average molecular weight is 539 g/mol. The molecule has 1 atom stereocenters. The zero-order valence-electron chi connectivity index (χ0n) is 22.7. The van der Waals surface area contributed by atoms with E-state index in [9.17, 15) is 9.59 Å². The number of ether oxygens (including phenoxy) is 7. The van der Waals surface area contributed by atoms with Gasteiger partial charge in [-0.05, 0) is 6.42 Å². The smallest absolute Gasteiger partial charge is 0.333 e. The summed E-state index contributed by atoms with van der Waals surface area (Å²) in [6, 6.07) is 0. The Bertz CT molecular complexity index is 505. The molecule has 0 spiro atoms. The van der Waals surface area contributed by atoms with Gasteiger partial charge in [0.05, 0.1) is 79.1 Å². The first-order chi connectivity index (χ1) is 18.1. The first kappa shape index (κ1) is 35.7. The fourth-order valence-corrected chi connectivity index (χ4v) is 3.06. The van der Waals surface area contributed by atoms with Gasteiger partial charge in [0.2, 0.25) is 0 Å². The number of carbonyl (C=O) groups excluding carboxylic acids is 1. The van der Waals surface area contributed by atoms with Crippen molar-refractivity contribution in [3.8, 4) is 0 Å². The molecular weight excluding hydrogens is 488 g/mol. The van der Waals surface area contributed by atoms with Crippen LogP contribution in [-0.2, 0) is 42.7 Å². The number of aliphatic hydroxyl groups excluding tert-OH is 1. The molecule has 0 aliphatic heterocycles. The minimum absolute atomic E-state index is 0.0214. The summed E-state index contributed by atoms with van der Waals surface area (Å²) in [5.41, 5.74) is 0. The van der Waals surface area contributed by atoms with Crippen LogP contribution in [0, 0.1) is 0 Å². The predicted molar refractivity (Wildman–Crippen MR) is 137 cm³/mol. The van der Waals surface area contributed by atoms with Gasteiger partial charge in [-0.1, -0.05) is 51.9 Å². The Hall–Kier alpha value is -1.34. The number of hydrogen-bond acceptors (Lipinski definition) is 10. The Labute approximate surface area is 222 Å². The van der Waals surface area contributed by atoms with Gasteiger partial charge in [-0.25, -0.2) is 4.79 Å². The number of esters is 1. The first-order valence-electron chi connectivity index (χ1n) is 13.6. The maximum Gasteiger partial charge on any atom is 0.333 e. The van der Waals surface area contributed by atoms with Crippen molar-refractivity contribution in [2.45, 2.75) is 70.8 Å². The van der Waals surface area contributed by atoms with Crippen LogP contribution in [0.4, 0.5) is 0 Å². The molecule has 0 aromatic heterocycles. The van der Waals surface area contributed by atoms with Crippen LogP contribution >= 0.6 is 0 Å². The predicted octanol–water partition coefficient (Wildman–Crippen LogP) is 2.61. The Morgan fingerprint density at radius 1 is 0.541 bits per heavy atom. The summed E-state index contributed by atoms with van der Waals surface area (Å²) in [5, 5.41) is 17.5. The zero-order valence-corrected chi connectivity index (χ0v) is 22.7. The molecule has 0 bridgehead atoms. The van der Waals surface area contributed by atoms with Gasteiger partial charge in [0.25, 0.3) is 0 Å². The van der Waals surface area contributed by atoms with Crippen molar-refractivity contribution in [1.82, 2.24) is 0 Å². The van der Waals surface area contributed by atoms with E-state index >= 15 is 0 Å². The van der Waals surface area contributed by atoms with Crippen LogP contribution in [0.5, 0.6) is 0 Å². The number of carboxylic acids is 1. The van der Waals surface area contributed by atoms with Crippen LogP contribution in [0.2, 0.25) is 0 Å². The number of carboxylic acid groups (broad SMARTS) is 1.